The minimum Gasteiger partial charge on any atom is -0.497 e. The lowest BCUT2D eigenvalue weighted by Crippen LogP contribution is -2.40. The minimum atomic E-state index is 0.0924. The van der Waals surface area contributed by atoms with Crippen LogP contribution in [0.25, 0.3) is 0 Å². The molecule has 1 fully saturated rings. The summed E-state index contributed by atoms with van der Waals surface area (Å²) >= 11 is 0. The Morgan fingerprint density at radius 1 is 0.929 bits per heavy atom. The fourth-order valence-electron chi connectivity index (χ4n) is 3.72. The first-order valence-corrected chi connectivity index (χ1v) is 9.97. The first kappa shape index (κ1) is 20.4. The molecular weight excluding hydrogens is 352 g/mol. The fraction of sp³-hybridized carbons (Fsp3) is 0.435. The van der Waals surface area contributed by atoms with Gasteiger partial charge in [-0.2, -0.15) is 0 Å². The number of piperidine rings is 1. The predicted octanol–water partition coefficient (Wildman–Crippen LogP) is 3.70. The van der Waals surface area contributed by atoms with Crippen molar-refractivity contribution < 1.29 is 14.3 Å². The second kappa shape index (κ2) is 10.2. The van der Waals surface area contributed by atoms with Crippen molar-refractivity contribution in [2.45, 2.75) is 25.3 Å². The molecule has 28 heavy (non-hydrogen) atoms. The van der Waals surface area contributed by atoms with E-state index < -0.39 is 0 Å². The van der Waals surface area contributed by atoms with Crippen LogP contribution >= 0.6 is 0 Å². The maximum absolute atomic E-state index is 12.5. The summed E-state index contributed by atoms with van der Waals surface area (Å²) < 4.78 is 10.4. The Bertz CT molecular complexity index is 737. The lowest BCUT2D eigenvalue weighted by molar-refractivity contribution is 0.0983. The molecule has 1 saturated heterocycles. The summed E-state index contributed by atoms with van der Waals surface area (Å²) in [5.74, 6) is 1.72. The third-order valence-electron chi connectivity index (χ3n) is 5.37. The summed E-state index contributed by atoms with van der Waals surface area (Å²) in [5.41, 5.74) is 1.96. The van der Waals surface area contributed by atoms with Gasteiger partial charge in [-0.1, -0.05) is 18.6 Å². The second-order valence-electron chi connectivity index (χ2n) is 7.17. The van der Waals surface area contributed by atoms with Gasteiger partial charge in [0.1, 0.15) is 11.5 Å². The molecule has 1 unspecified atom stereocenters. The van der Waals surface area contributed by atoms with Gasteiger partial charge in [0.05, 0.1) is 20.8 Å². The maximum atomic E-state index is 12.5. The van der Waals surface area contributed by atoms with E-state index in [2.05, 4.69) is 22.3 Å². The third kappa shape index (κ3) is 5.33. The zero-order chi connectivity index (χ0) is 19.8. The molecule has 0 aromatic heterocycles. The standard InChI is InChI=1S/C23H30N2O3/c1-27-20-10-6-18(7-11-20)22(25-14-4-3-5-15-25)16-24-17-23(26)19-8-12-21(28-2)13-9-19/h6-13,22,24H,3-5,14-17H2,1-2H3. The molecule has 1 atom stereocenters. The molecule has 0 radical (unpaired) electrons. The Morgan fingerprint density at radius 2 is 1.50 bits per heavy atom. The van der Waals surface area contributed by atoms with Crippen LogP contribution in [0.2, 0.25) is 0 Å². The highest BCUT2D eigenvalue weighted by Gasteiger charge is 2.22. The van der Waals surface area contributed by atoms with E-state index in [0.29, 0.717) is 12.1 Å². The molecule has 0 bridgehead atoms. The largest absolute Gasteiger partial charge is 0.497 e. The molecule has 2 aromatic carbocycles. The molecule has 3 rings (SSSR count). The molecule has 2 aromatic rings. The van der Waals surface area contributed by atoms with Crippen molar-refractivity contribution in [3.8, 4) is 11.5 Å². The Kier molecular flexibility index (Phi) is 7.46. The van der Waals surface area contributed by atoms with Gasteiger partial charge in [0.2, 0.25) is 0 Å². The average Bonchev–Trinajstić information content (AvgIpc) is 2.77. The van der Waals surface area contributed by atoms with Crippen LogP contribution in [0.1, 0.15) is 41.2 Å². The average molecular weight is 383 g/mol. The molecule has 150 valence electrons. The number of carbonyl (C=O) groups is 1. The number of nitrogens with one attached hydrogen (secondary N) is 1. The molecule has 5 nitrogen and oxygen atoms in total. The summed E-state index contributed by atoms with van der Waals surface area (Å²) in [4.78, 5) is 15.0. The quantitative estimate of drug-likeness (QED) is 0.670. The maximum Gasteiger partial charge on any atom is 0.176 e. The van der Waals surface area contributed by atoms with Gasteiger partial charge in [0.25, 0.3) is 0 Å². The summed E-state index contributed by atoms with van der Waals surface area (Å²) in [5, 5.41) is 3.38. The van der Waals surface area contributed by atoms with Crippen LogP contribution in [-0.4, -0.2) is 51.1 Å². The highest BCUT2D eigenvalue weighted by Crippen LogP contribution is 2.26. The van der Waals surface area contributed by atoms with Crippen molar-refractivity contribution in [2.24, 2.45) is 0 Å². The van der Waals surface area contributed by atoms with Gasteiger partial charge in [-0.15, -0.1) is 0 Å². The van der Waals surface area contributed by atoms with Crippen LogP contribution in [0.3, 0.4) is 0 Å². The molecule has 1 aliphatic rings. The highest BCUT2D eigenvalue weighted by molar-refractivity contribution is 5.97. The summed E-state index contributed by atoms with van der Waals surface area (Å²) in [7, 11) is 3.31. The Morgan fingerprint density at radius 3 is 2.07 bits per heavy atom. The molecule has 5 heteroatoms. The van der Waals surface area contributed by atoms with Gasteiger partial charge in [-0.05, 0) is 67.9 Å². The van der Waals surface area contributed by atoms with E-state index in [-0.39, 0.29) is 11.8 Å². The number of nitrogens with zero attached hydrogens (tertiary/aromatic N) is 1. The topological polar surface area (TPSA) is 50.8 Å². The van der Waals surface area contributed by atoms with E-state index in [1.54, 1.807) is 14.2 Å². The number of methoxy groups -OCH3 is 2. The fourth-order valence-corrected chi connectivity index (χ4v) is 3.72. The van der Waals surface area contributed by atoms with E-state index in [1.807, 2.05) is 36.4 Å². The first-order chi connectivity index (χ1) is 13.7. The number of Topliss-reactive ketones (excluding diaryl/α,β-unsaturated/α-hetero) is 1. The normalized spacial score (nSPS) is 15.8. The number of rotatable bonds is 9. The minimum absolute atomic E-state index is 0.0924. The lowest BCUT2D eigenvalue weighted by atomic mass is 10.0. The lowest BCUT2D eigenvalue weighted by Gasteiger charge is -2.35. The van der Waals surface area contributed by atoms with Gasteiger partial charge in [-0.25, -0.2) is 0 Å². The Labute approximate surface area is 167 Å². The monoisotopic (exact) mass is 382 g/mol. The number of likely N-dealkylation sites (tertiary alicyclic amines) is 1. The Hall–Kier alpha value is -2.37. The SMILES string of the molecule is COc1ccc(C(=O)CNCC(c2ccc(OC)cc2)N2CCCCC2)cc1. The van der Waals surface area contributed by atoms with Crippen LogP contribution in [0.15, 0.2) is 48.5 Å². The molecule has 0 aliphatic carbocycles. The predicted molar refractivity (Wildman–Crippen MR) is 111 cm³/mol. The number of ketones is 1. The van der Waals surface area contributed by atoms with Crippen LogP contribution in [-0.2, 0) is 0 Å². The molecule has 1 aliphatic heterocycles. The number of carbonyl (C=O) groups excluding carboxylic acids is 1. The zero-order valence-corrected chi connectivity index (χ0v) is 16.8. The van der Waals surface area contributed by atoms with Crippen molar-refractivity contribution in [1.29, 1.82) is 0 Å². The molecule has 0 amide bonds. The van der Waals surface area contributed by atoms with Gasteiger partial charge in [0.15, 0.2) is 5.78 Å². The van der Waals surface area contributed by atoms with E-state index in [4.69, 9.17) is 9.47 Å². The van der Waals surface area contributed by atoms with Crippen LogP contribution in [0, 0.1) is 0 Å². The number of hydrogen-bond acceptors (Lipinski definition) is 5. The first-order valence-electron chi connectivity index (χ1n) is 9.97. The van der Waals surface area contributed by atoms with Gasteiger partial charge >= 0.3 is 0 Å². The number of hydrogen-bond donors (Lipinski definition) is 1. The third-order valence-corrected chi connectivity index (χ3v) is 5.37. The highest BCUT2D eigenvalue weighted by atomic mass is 16.5. The van der Waals surface area contributed by atoms with Crippen LogP contribution in [0.5, 0.6) is 11.5 Å². The van der Waals surface area contributed by atoms with Gasteiger partial charge < -0.3 is 14.8 Å². The summed E-state index contributed by atoms with van der Waals surface area (Å²) in [6.07, 6.45) is 3.77. The van der Waals surface area contributed by atoms with Crippen molar-refractivity contribution >= 4 is 5.78 Å². The Balaban J connectivity index is 1.62. The second-order valence-corrected chi connectivity index (χ2v) is 7.17. The molecule has 0 spiro atoms. The van der Waals surface area contributed by atoms with Crippen molar-refractivity contribution in [3.63, 3.8) is 0 Å². The molecule has 0 saturated carbocycles. The van der Waals surface area contributed by atoms with Crippen LogP contribution < -0.4 is 14.8 Å². The van der Waals surface area contributed by atoms with Gasteiger partial charge in [0, 0.05) is 18.2 Å². The van der Waals surface area contributed by atoms with E-state index in [1.165, 1.54) is 24.8 Å². The molecule has 1 N–H and O–H groups in total. The van der Waals surface area contributed by atoms with E-state index >= 15 is 0 Å². The van der Waals surface area contributed by atoms with Crippen LogP contribution in [0.4, 0.5) is 0 Å². The summed E-state index contributed by atoms with van der Waals surface area (Å²) in [6, 6.07) is 15.8. The van der Waals surface area contributed by atoms with Gasteiger partial charge in [-0.3, -0.25) is 9.69 Å². The van der Waals surface area contributed by atoms with Crippen molar-refractivity contribution in [1.82, 2.24) is 10.2 Å². The molecular formula is C23H30N2O3. The van der Waals surface area contributed by atoms with E-state index in [0.717, 1.165) is 31.1 Å². The zero-order valence-electron chi connectivity index (χ0n) is 16.8. The van der Waals surface area contributed by atoms with E-state index in [9.17, 15) is 4.79 Å². The summed E-state index contributed by atoms with van der Waals surface area (Å²) in [6.45, 7) is 3.27. The van der Waals surface area contributed by atoms with Crippen molar-refractivity contribution in [2.75, 3.05) is 40.4 Å². The number of ether oxygens (including phenoxy) is 2. The van der Waals surface area contributed by atoms with Crippen molar-refractivity contribution in [3.05, 3.63) is 59.7 Å². The molecule has 1 heterocycles. The smallest absolute Gasteiger partial charge is 0.176 e. The number of benzene rings is 2.